The molecule has 3 aromatic rings. The van der Waals surface area contributed by atoms with E-state index in [9.17, 15) is 28.0 Å². The number of benzene rings is 1. The van der Waals surface area contributed by atoms with Crippen LogP contribution >= 0.6 is 0 Å². The van der Waals surface area contributed by atoms with E-state index in [1.54, 1.807) is 25.3 Å². The number of halogens is 2. The number of H-pyrrole nitrogens is 1. The van der Waals surface area contributed by atoms with Gasteiger partial charge in [-0.25, -0.2) is 13.6 Å². The quantitative estimate of drug-likeness (QED) is 0.277. The number of amides is 2. The molecule has 2 aromatic heterocycles. The molecule has 11 heteroatoms. The second-order valence-electron chi connectivity index (χ2n) is 9.04. The second kappa shape index (κ2) is 11.8. The van der Waals surface area contributed by atoms with E-state index in [-0.39, 0.29) is 36.8 Å². The van der Waals surface area contributed by atoms with E-state index in [2.05, 4.69) is 15.6 Å². The number of nitrogens with zero attached hydrogens (tertiary/aromatic N) is 1. The van der Waals surface area contributed by atoms with Gasteiger partial charge in [0, 0.05) is 48.8 Å². The van der Waals surface area contributed by atoms with Crippen LogP contribution in [0.4, 0.5) is 8.78 Å². The largest absolute Gasteiger partial charge is 0.463 e. The summed E-state index contributed by atoms with van der Waals surface area (Å²) in [6.07, 6.45) is 6.37. The average molecular weight is 527 g/mol. The second-order valence-corrected chi connectivity index (χ2v) is 9.04. The van der Waals surface area contributed by atoms with Crippen molar-refractivity contribution in [2.24, 2.45) is 5.92 Å². The Kier molecular flexibility index (Phi) is 8.35. The van der Waals surface area contributed by atoms with Crippen LogP contribution in [0.3, 0.4) is 0 Å². The van der Waals surface area contributed by atoms with Gasteiger partial charge >= 0.3 is 5.97 Å². The molecular weight excluding hydrogens is 498 g/mol. The Hall–Kier alpha value is -4.28. The van der Waals surface area contributed by atoms with E-state index in [1.807, 2.05) is 0 Å². The van der Waals surface area contributed by atoms with Gasteiger partial charge in [0.25, 0.3) is 5.56 Å². The zero-order chi connectivity index (χ0) is 27.2. The third-order valence-corrected chi connectivity index (χ3v) is 6.47. The van der Waals surface area contributed by atoms with Gasteiger partial charge in [-0.2, -0.15) is 0 Å². The van der Waals surface area contributed by atoms with Gasteiger partial charge in [-0.15, -0.1) is 0 Å². The lowest BCUT2D eigenvalue weighted by molar-refractivity contribution is -0.137. The summed E-state index contributed by atoms with van der Waals surface area (Å²) in [6.45, 7) is 2.34. The molecule has 1 saturated heterocycles. The zero-order valence-corrected chi connectivity index (χ0v) is 20.7. The number of carbonyl (C=O) groups is 3. The van der Waals surface area contributed by atoms with Gasteiger partial charge in [0.2, 0.25) is 11.8 Å². The van der Waals surface area contributed by atoms with Crippen LogP contribution in [0.15, 0.2) is 59.7 Å². The highest BCUT2D eigenvalue weighted by molar-refractivity contribution is 5.85. The van der Waals surface area contributed by atoms with Crippen LogP contribution in [0, 0.1) is 17.6 Å². The molecule has 1 aliphatic rings. The summed E-state index contributed by atoms with van der Waals surface area (Å²) in [4.78, 5) is 53.9. The van der Waals surface area contributed by atoms with Gasteiger partial charge in [0.1, 0.15) is 11.6 Å². The number of esters is 1. The fourth-order valence-electron chi connectivity index (χ4n) is 4.54. The number of carbonyl (C=O) groups excluding carboxylic acids is 3. The minimum atomic E-state index is -1.14. The van der Waals surface area contributed by atoms with Crippen molar-refractivity contribution < 1.29 is 27.9 Å². The van der Waals surface area contributed by atoms with Crippen molar-refractivity contribution in [1.82, 2.24) is 20.2 Å². The maximum atomic E-state index is 14.0. The molecule has 1 fully saturated rings. The number of nitrogens with one attached hydrogen (secondary N) is 3. The van der Waals surface area contributed by atoms with Crippen molar-refractivity contribution >= 4 is 28.7 Å². The molecule has 4 rings (SSSR count). The molecule has 3 atom stereocenters. The molecule has 2 amide bonds. The van der Waals surface area contributed by atoms with Gasteiger partial charge in [0.05, 0.1) is 6.61 Å². The summed E-state index contributed by atoms with van der Waals surface area (Å²) in [6, 6.07) is 4.79. The fourth-order valence-corrected chi connectivity index (χ4v) is 4.54. The van der Waals surface area contributed by atoms with Gasteiger partial charge < -0.3 is 24.9 Å². The van der Waals surface area contributed by atoms with Crippen LogP contribution in [0.1, 0.15) is 31.4 Å². The Morgan fingerprint density at radius 1 is 1.21 bits per heavy atom. The molecule has 1 aromatic carbocycles. The van der Waals surface area contributed by atoms with E-state index >= 15 is 0 Å². The number of pyridine rings is 1. The first-order valence-corrected chi connectivity index (χ1v) is 12.3. The minimum absolute atomic E-state index is 0.118. The lowest BCUT2D eigenvalue weighted by atomic mass is 9.97. The normalized spacial score (nSPS) is 16.9. The van der Waals surface area contributed by atoms with Crippen molar-refractivity contribution in [1.29, 1.82) is 0 Å². The summed E-state index contributed by atoms with van der Waals surface area (Å²) >= 11 is 0. The number of aromatic amines is 1. The van der Waals surface area contributed by atoms with E-state index in [0.29, 0.717) is 23.9 Å². The first-order valence-electron chi connectivity index (χ1n) is 12.3. The Morgan fingerprint density at radius 3 is 2.74 bits per heavy atom. The van der Waals surface area contributed by atoms with Crippen LogP contribution in [-0.4, -0.2) is 46.5 Å². The number of ether oxygens (including phenoxy) is 1. The van der Waals surface area contributed by atoms with Crippen LogP contribution in [0.5, 0.6) is 0 Å². The highest BCUT2D eigenvalue weighted by atomic mass is 19.2. The smallest absolute Gasteiger partial charge is 0.330 e. The van der Waals surface area contributed by atoms with Crippen LogP contribution in [0.25, 0.3) is 10.9 Å². The molecule has 38 heavy (non-hydrogen) atoms. The molecule has 0 aliphatic carbocycles. The topological polar surface area (TPSA) is 122 Å². The molecule has 3 N–H and O–H groups in total. The molecule has 0 unspecified atom stereocenters. The zero-order valence-electron chi connectivity index (χ0n) is 20.7. The van der Waals surface area contributed by atoms with E-state index in [1.165, 1.54) is 29.0 Å². The monoisotopic (exact) mass is 526 g/mol. The number of aromatic nitrogens is 2. The van der Waals surface area contributed by atoms with Crippen molar-refractivity contribution in [3.05, 3.63) is 82.4 Å². The maximum Gasteiger partial charge on any atom is 0.330 e. The summed E-state index contributed by atoms with van der Waals surface area (Å²) in [5.41, 5.74) is 0.123. The van der Waals surface area contributed by atoms with Crippen LogP contribution in [0.2, 0.25) is 0 Å². The predicted molar refractivity (Wildman–Crippen MR) is 135 cm³/mol. The van der Waals surface area contributed by atoms with Crippen molar-refractivity contribution in [2.45, 2.75) is 38.3 Å². The highest BCUT2D eigenvalue weighted by Crippen LogP contribution is 2.21. The van der Waals surface area contributed by atoms with Gasteiger partial charge in [-0.1, -0.05) is 12.1 Å². The lowest BCUT2D eigenvalue weighted by Crippen LogP contribution is -2.43. The van der Waals surface area contributed by atoms with E-state index < -0.39 is 41.2 Å². The molecule has 200 valence electrons. The molecule has 0 saturated carbocycles. The van der Waals surface area contributed by atoms with Crippen molar-refractivity contribution in [3.63, 3.8) is 0 Å². The SMILES string of the molecule is CCOC(=O)/C=C/[C@H](C[C@@H]1CCNC1=O)NC(=O)[C@H](Cc1ccc(F)c(F)c1)n1ccc2cc[nH]c2c1=O. The van der Waals surface area contributed by atoms with Gasteiger partial charge in [0.15, 0.2) is 11.6 Å². The Morgan fingerprint density at radius 2 is 2.03 bits per heavy atom. The molecule has 0 spiro atoms. The van der Waals surface area contributed by atoms with Crippen molar-refractivity contribution in [3.8, 4) is 0 Å². The summed E-state index contributed by atoms with van der Waals surface area (Å²) < 4.78 is 33.6. The number of rotatable bonds is 10. The molecule has 3 heterocycles. The number of fused-ring (bicyclic) bond motifs is 1. The van der Waals surface area contributed by atoms with E-state index in [4.69, 9.17) is 4.74 Å². The molecule has 1 aliphatic heterocycles. The molecular formula is C27H28F2N4O5. The molecule has 0 radical (unpaired) electrons. The Labute approximate surface area is 216 Å². The van der Waals surface area contributed by atoms with Gasteiger partial charge in [-0.3, -0.25) is 14.4 Å². The predicted octanol–water partition coefficient (Wildman–Crippen LogP) is 2.52. The Balaban J connectivity index is 1.66. The summed E-state index contributed by atoms with van der Waals surface area (Å²) in [7, 11) is 0. The fraction of sp³-hybridized carbons (Fsp3) is 0.333. The van der Waals surface area contributed by atoms with E-state index in [0.717, 1.165) is 12.1 Å². The van der Waals surface area contributed by atoms with Crippen LogP contribution in [-0.2, 0) is 25.5 Å². The lowest BCUT2D eigenvalue weighted by Gasteiger charge is -2.24. The number of hydrogen-bond donors (Lipinski definition) is 3. The van der Waals surface area contributed by atoms with Crippen LogP contribution < -0.4 is 16.2 Å². The first kappa shape index (κ1) is 26.8. The minimum Gasteiger partial charge on any atom is -0.463 e. The summed E-state index contributed by atoms with van der Waals surface area (Å²) in [5, 5.41) is 6.22. The third-order valence-electron chi connectivity index (χ3n) is 6.47. The highest BCUT2D eigenvalue weighted by Gasteiger charge is 2.30. The summed E-state index contributed by atoms with van der Waals surface area (Å²) in [5.74, 6) is -3.83. The van der Waals surface area contributed by atoms with Crippen molar-refractivity contribution in [2.75, 3.05) is 13.2 Å². The third kappa shape index (κ3) is 6.16. The van der Waals surface area contributed by atoms with Gasteiger partial charge in [-0.05, 0) is 49.6 Å². The number of hydrogen-bond acceptors (Lipinski definition) is 5. The standard InChI is InChI=1S/C27H28F2N4O5/c1-2-38-23(34)6-4-19(15-18-8-11-31-25(18)35)32-26(36)22(14-16-3-5-20(28)21(29)13-16)33-12-9-17-7-10-30-24(17)27(33)37/h3-7,9-10,12-13,18-19,22,30H,2,8,11,14-15H2,1H3,(H,31,35)(H,32,36)/b6-4+/t18-,19+,22-/m0/s1. The maximum absolute atomic E-state index is 14.0. The molecule has 9 nitrogen and oxygen atoms in total. The Bertz CT molecular complexity index is 1430. The average Bonchev–Trinajstić information content (AvgIpc) is 3.53. The first-order chi connectivity index (χ1) is 18.3. The molecule has 0 bridgehead atoms.